The fourth-order valence-electron chi connectivity index (χ4n) is 3.44. The maximum Gasteiger partial charge on any atom is 0.291 e. The number of methoxy groups -OCH3 is 1. The number of hydrogen-bond acceptors (Lipinski definition) is 5. The van der Waals surface area contributed by atoms with Crippen molar-refractivity contribution in [1.29, 1.82) is 0 Å². The molecule has 140 valence electrons. The van der Waals surface area contributed by atoms with E-state index in [0.717, 1.165) is 29.8 Å². The number of carbonyl (C=O) groups is 1. The monoisotopic (exact) mass is 366 g/mol. The highest BCUT2D eigenvalue weighted by Gasteiger charge is 2.31. The summed E-state index contributed by atoms with van der Waals surface area (Å²) in [4.78, 5) is 12.5. The number of anilines is 1. The van der Waals surface area contributed by atoms with Crippen LogP contribution in [0.25, 0.3) is 11.0 Å². The molecule has 1 amide bonds. The molecule has 0 radical (unpaired) electrons. The first kappa shape index (κ1) is 17.6. The molecule has 0 unspecified atom stereocenters. The first-order chi connectivity index (χ1) is 13.1. The van der Waals surface area contributed by atoms with Gasteiger partial charge in [-0.05, 0) is 74.0 Å². The molecule has 6 nitrogen and oxygen atoms in total. The minimum Gasteiger partial charge on any atom is -0.497 e. The van der Waals surface area contributed by atoms with Crippen LogP contribution in [0.1, 0.15) is 29.0 Å². The number of hydrogen-bond donors (Lipinski definition) is 3. The SMILES string of the molecule is COc1ccc(NC(=O)c2cc3cc(C4(O)CCNCC4)ccc3o2)cc1. The van der Waals surface area contributed by atoms with E-state index >= 15 is 0 Å². The number of nitrogens with one attached hydrogen (secondary N) is 2. The zero-order valence-electron chi connectivity index (χ0n) is 15.1. The molecule has 3 aromatic rings. The number of benzene rings is 2. The molecule has 0 spiro atoms. The van der Waals surface area contributed by atoms with E-state index in [1.54, 1.807) is 37.4 Å². The van der Waals surface area contributed by atoms with E-state index in [-0.39, 0.29) is 11.7 Å². The summed E-state index contributed by atoms with van der Waals surface area (Å²) in [5, 5.41) is 17.8. The first-order valence-corrected chi connectivity index (χ1v) is 9.00. The van der Waals surface area contributed by atoms with Crippen molar-refractivity contribution in [3.8, 4) is 5.75 Å². The molecule has 0 bridgehead atoms. The number of fused-ring (bicyclic) bond motifs is 1. The number of aliphatic hydroxyl groups is 1. The predicted molar refractivity (Wildman–Crippen MR) is 103 cm³/mol. The Labute approximate surface area is 157 Å². The summed E-state index contributed by atoms with van der Waals surface area (Å²) in [6.07, 6.45) is 1.34. The van der Waals surface area contributed by atoms with Crippen LogP contribution in [0.15, 0.2) is 52.9 Å². The van der Waals surface area contributed by atoms with Gasteiger partial charge in [-0.1, -0.05) is 6.07 Å². The van der Waals surface area contributed by atoms with Gasteiger partial charge in [-0.3, -0.25) is 4.79 Å². The van der Waals surface area contributed by atoms with E-state index in [9.17, 15) is 9.90 Å². The zero-order valence-corrected chi connectivity index (χ0v) is 15.1. The standard InChI is InChI=1S/C21H22N2O4/c1-26-17-5-3-16(4-6-17)23-20(24)19-13-14-12-15(2-7-18(14)27-19)21(25)8-10-22-11-9-21/h2-7,12-13,22,25H,8-11H2,1H3,(H,23,24). The Bertz CT molecular complexity index is 956. The molecular weight excluding hydrogens is 344 g/mol. The van der Waals surface area contributed by atoms with Crippen molar-refractivity contribution in [3.63, 3.8) is 0 Å². The molecule has 27 heavy (non-hydrogen) atoms. The second-order valence-electron chi connectivity index (χ2n) is 6.83. The molecule has 0 atom stereocenters. The van der Waals surface area contributed by atoms with Crippen LogP contribution in [-0.2, 0) is 5.60 Å². The third kappa shape index (κ3) is 3.54. The summed E-state index contributed by atoms with van der Waals surface area (Å²) < 4.78 is 10.8. The van der Waals surface area contributed by atoms with Crippen LogP contribution >= 0.6 is 0 Å². The maximum atomic E-state index is 12.5. The molecule has 1 aliphatic heterocycles. The quantitative estimate of drug-likeness (QED) is 0.660. The van der Waals surface area contributed by atoms with Gasteiger partial charge < -0.3 is 24.9 Å². The molecule has 1 aromatic heterocycles. The zero-order chi connectivity index (χ0) is 18.9. The normalized spacial score (nSPS) is 16.2. The Morgan fingerprint density at radius 2 is 1.89 bits per heavy atom. The summed E-state index contributed by atoms with van der Waals surface area (Å²) in [5.74, 6) is 0.633. The minimum absolute atomic E-state index is 0.232. The van der Waals surface area contributed by atoms with E-state index < -0.39 is 5.60 Å². The van der Waals surface area contributed by atoms with Gasteiger partial charge in [-0.25, -0.2) is 0 Å². The number of furan rings is 1. The fraction of sp³-hybridized carbons (Fsp3) is 0.286. The maximum absolute atomic E-state index is 12.5. The topological polar surface area (TPSA) is 83.7 Å². The highest BCUT2D eigenvalue weighted by molar-refractivity contribution is 6.04. The lowest BCUT2D eigenvalue weighted by molar-refractivity contribution is 0.00605. The summed E-state index contributed by atoms with van der Waals surface area (Å²) >= 11 is 0. The van der Waals surface area contributed by atoms with Crippen molar-refractivity contribution in [2.45, 2.75) is 18.4 Å². The van der Waals surface area contributed by atoms with Crippen molar-refractivity contribution in [2.24, 2.45) is 0 Å². The summed E-state index contributed by atoms with van der Waals surface area (Å²) in [6, 6.07) is 14.4. The van der Waals surface area contributed by atoms with Gasteiger partial charge in [0.1, 0.15) is 11.3 Å². The predicted octanol–water partition coefficient (Wildman–Crippen LogP) is 3.26. The van der Waals surface area contributed by atoms with Gasteiger partial charge in [0.05, 0.1) is 12.7 Å². The summed E-state index contributed by atoms with van der Waals surface area (Å²) in [6.45, 7) is 1.57. The number of amides is 1. The van der Waals surface area contributed by atoms with Crippen LogP contribution in [0.2, 0.25) is 0 Å². The first-order valence-electron chi connectivity index (χ1n) is 9.00. The Balaban J connectivity index is 1.56. The van der Waals surface area contributed by atoms with E-state index in [0.29, 0.717) is 24.1 Å². The Kier molecular flexibility index (Phi) is 4.59. The second kappa shape index (κ2) is 7.06. The van der Waals surface area contributed by atoms with E-state index in [1.165, 1.54) is 0 Å². The third-order valence-electron chi connectivity index (χ3n) is 5.06. The number of carbonyl (C=O) groups excluding carboxylic acids is 1. The molecule has 4 rings (SSSR count). The van der Waals surface area contributed by atoms with Crippen molar-refractivity contribution < 1.29 is 19.1 Å². The Morgan fingerprint density at radius 3 is 2.59 bits per heavy atom. The van der Waals surface area contributed by atoms with Crippen LogP contribution in [-0.4, -0.2) is 31.2 Å². The number of rotatable bonds is 4. The average Bonchev–Trinajstić information content (AvgIpc) is 3.13. The van der Waals surface area contributed by atoms with Gasteiger partial charge in [-0.15, -0.1) is 0 Å². The lowest BCUT2D eigenvalue weighted by atomic mass is 9.85. The lowest BCUT2D eigenvalue weighted by Crippen LogP contribution is -2.39. The van der Waals surface area contributed by atoms with E-state index in [2.05, 4.69) is 10.6 Å². The van der Waals surface area contributed by atoms with Crippen LogP contribution in [0.5, 0.6) is 5.75 Å². The van der Waals surface area contributed by atoms with E-state index in [4.69, 9.17) is 9.15 Å². The van der Waals surface area contributed by atoms with Crippen molar-refractivity contribution in [1.82, 2.24) is 5.32 Å². The number of piperidine rings is 1. The third-order valence-corrected chi connectivity index (χ3v) is 5.06. The molecule has 0 aliphatic carbocycles. The van der Waals surface area contributed by atoms with Crippen LogP contribution in [0.3, 0.4) is 0 Å². The Hall–Kier alpha value is -2.83. The number of ether oxygens (including phenoxy) is 1. The average molecular weight is 366 g/mol. The molecule has 2 heterocycles. The van der Waals surface area contributed by atoms with Gasteiger partial charge in [0.25, 0.3) is 5.91 Å². The molecule has 3 N–H and O–H groups in total. The highest BCUT2D eigenvalue weighted by atomic mass is 16.5. The fourth-order valence-corrected chi connectivity index (χ4v) is 3.44. The van der Waals surface area contributed by atoms with Crippen LogP contribution < -0.4 is 15.4 Å². The van der Waals surface area contributed by atoms with Gasteiger partial charge in [0.2, 0.25) is 0 Å². The summed E-state index contributed by atoms with van der Waals surface area (Å²) in [7, 11) is 1.59. The Morgan fingerprint density at radius 1 is 1.15 bits per heavy atom. The highest BCUT2D eigenvalue weighted by Crippen LogP contribution is 2.33. The van der Waals surface area contributed by atoms with Crippen molar-refractivity contribution in [2.75, 3.05) is 25.5 Å². The minimum atomic E-state index is -0.831. The van der Waals surface area contributed by atoms with Gasteiger partial charge >= 0.3 is 0 Å². The molecule has 1 saturated heterocycles. The lowest BCUT2D eigenvalue weighted by Gasteiger charge is -2.33. The molecule has 6 heteroatoms. The molecule has 2 aromatic carbocycles. The molecule has 1 fully saturated rings. The van der Waals surface area contributed by atoms with E-state index in [1.807, 2.05) is 18.2 Å². The molecular formula is C21H22N2O4. The molecule has 1 aliphatic rings. The second-order valence-corrected chi connectivity index (χ2v) is 6.83. The van der Waals surface area contributed by atoms with Crippen LogP contribution in [0.4, 0.5) is 5.69 Å². The van der Waals surface area contributed by atoms with Gasteiger partial charge in [0, 0.05) is 11.1 Å². The smallest absolute Gasteiger partial charge is 0.291 e. The van der Waals surface area contributed by atoms with Gasteiger partial charge in [0.15, 0.2) is 5.76 Å². The van der Waals surface area contributed by atoms with Crippen molar-refractivity contribution in [3.05, 3.63) is 59.9 Å². The van der Waals surface area contributed by atoms with Crippen LogP contribution in [0, 0.1) is 0 Å². The van der Waals surface area contributed by atoms with Gasteiger partial charge in [-0.2, -0.15) is 0 Å². The summed E-state index contributed by atoms with van der Waals surface area (Å²) in [5.41, 5.74) is 1.31. The molecule has 0 saturated carbocycles. The largest absolute Gasteiger partial charge is 0.497 e. The van der Waals surface area contributed by atoms with Crippen molar-refractivity contribution >= 4 is 22.6 Å².